The number of carbonyl (C=O) groups excluding carboxylic acids is 4. The molecule has 1 aliphatic carbocycles. The maximum Gasteiger partial charge on any atom is 0.410 e. The fraction of sp³-hybridized carbons (Fsp3) is 0.509. The number of carboxylic acid groups (broad SMARTS) is 1. The minimum absolute atomic E-state index is 0.0242. The molecule has 21 heteroatoms. The third kappa shape index (κ3) is 15.8. The van der Waals surface area contributed by atoms with Gasteiger partial charge in [-0.15, -0.1) is 0 Å². The van der Waals surface area contributed by atoms with Gasteiger partial charge in [-0.25, -0.2) is 14.2 Å². The standard InChI is InChI=1S/C53H64Cl2F4N6O9/c1-32(47(68)61-42(30-72-6)48(69)62-52(26-33-12-16-36(54)17-13-33)21-8-22-64(31-52)49(70)35(23-46(66)67)27-53(57,58)59)11-20-40-41(56)24-37(55)25-44(40)73-39-18-14-34(15-19-39)43-28-60-45(63(43)5)29-65(38-9-7-10-38)50(71)74-51(2,3)4/h12-19,24-25,28,32,35,38,42H,7-11,20-23,26-27,29-31H2,1-6H3,(H,61,68)(H,62,69)(H,66,67)/t32-,35+,42+,52-/m1/s1. The number of carboxylic acids is 1. The van der Waals surface area contributed by atoms with Crippen LogP contribution in [-0.2, 0) is 55.1 Å². The molecule has 2 heterocycles. The monoisotopic (exact) mass is 1070 g/mol. The molecule has 4 aromatic rings. The number of aliphatic carboxylic acids is 1. The highest BCUT2D eigenvalue weighted by atomic mass is 35.5. The maximum atomic E-state index is 15.7. The molecule has 0 bridgehead atoms. The fourth-order valence-corrected chi connectivity index (χ4v) is 9.53. The number of piperidine rings is 1. The number of rotatable bonds is 21. The number of halogens is 6. The number of imidazole rings is 1. The predicted octanol–water partition coefficient (Wildman–Crippen LogP) is 10.1. The molecule has 2 aliphatic rings. The summed E-state index contributed by atoms with van der Waals surface area (Å²) in [5.74, 6) is -5.96. The minimum Gasteiger partial charge on any atom is -0.481 e. The molecule has 2 fully saturated rings. The summed E-state index contributed by atoms with van der Waals surface area (Å²) < 4.78 is 75.5. The van der Waals surface area contributed by atoms with Gasteiger partial charge in [0.05, 0.1) is 49.3 Å². The van der Waals surface area contributed by atoms with Crippen LogP contribution in [0.3, 0.4) is 0 Å². The molecule has 0 spiro atoms. The number of likely N-dealkylation sites (tertiary alicyclic amines) is 1. The topological polar surface area (TPSA) is 182 Å². The van der Waals surface area contributed by atoms with Crippen LogP contribution in [0.25, 0.3) is 11.3 Å². The Morgan fingerprint density at radius 2 is 1.66 bits per heavy atom. The second-order valence-corrected chi connectivity index (χ2v) is 21.2. The normalized spacial score (nSPS) is 17.4. The smallest absolute Gasteiger partial charge is 0.410 e. The Labute approximate surface area is 438 Å². The lowest BCUT2D eigenvalue weighted by atomic mass is 9.82. The lowest BCUT2D eigenvalue weighted by Gasteiger charge is -2.45. The van der Waals surface area contributed by atoms with E-state index in [2.05, 4.69) is 15.6 Å². The van der Waals surface area contributed by atoms with Crippen LogP contribution in [0.4, 0.5) is 22.4 Å². The summed E-state index contributed by atoms with van der Waals surface area (Å²) in [5, 5.41) is 15.6. The summed E-state index contributed by atoms with van der Waals surface area (Å²) in [6, 6.07) is 15.2. The zero-order chi connectivity index (χ0) is 54.1. The van der Waals surface area contributed by atoms with Gasteiger partial charge in [-0.3, -0.25) is 24.1 Å². The van der Waals surface area contributed by atoms with Gasteiger partial charge in [0.2, 0.25) is 17.7 Å². The quantitative estimate of drug-likeness (QED) is 0.0680. The van der Waals surface area contributed by atoms with E-state index in [1.54, 1.807) is 54.4 Å². The molecule has 3 aromatic carbocycles. The predicted molar refractivity (Wildman–Crippen MR) is 269 cm³/mol. The number of hydrogen-bond acceptors (Lipinski definition) is 9. The first-order chi connectivity index (χ1) is 34.8. The molecule has 6 rings (SSSR count). The van der Waals surface area contributed by atoms with Crippen LogP contribution in [-0.4, -0.2) is 110 Å². The van der Waals surface area contributed by atoms with Crippen LogP contribution in [0.15, 0.2) is 66.9 Å². The Morgan fingerprint density at radius 3 is 2.27 bits per heavy atom. The Bertz CT molecular complexity index is 2620. The number of aromatic nitrogens is 2. The largest absolute Gasteiger partial charge is 0.481 e. The van der Waals surface area contributed by atoms with E-state index in [4.69, 9.17) is 37.4 Å². The van der Waals surface area contributed by atoms with Gasteiger partial charge < -0.3 is 39.4 Å². The van der Waals surface area contributed by atoms with Crippen molar-refractivity contribution >= 4 is 53.0 Å². The van der Waals surface area contributed by atoms with Crippen LogP contribution in [0.5, 0.6) is 11.5 Å². The Hall–Kier alpha value is -5.92. The van der Waals surface area contributed by atoms with Crippen molar-refractivity contribution in [3.63, 3.8) is 0 Å². The first kappa shape index (κ1) is 57.4. The van der Waals surface area contributed by atoms with Gasteiger partial charge in [0.25, 0.3) is 0 Å². The van der Waals surface area contributed by atoms with E-state index in [9.17, 15) is 42.3 Å². The number of nitrogens with zero attached hydrogens (tertiary/aromatic N) is 4. The molecular weight excluding hydrogens is 1010 g/mol. The van der Waals surface area contributed by atoms with E-state index < -0.39 is 77.5 Å². The van der Waals surface area contributed by atoms with Crippen LogP contribution in [0.1, 0.15) is 96.0 Å². The van der Waals surface area contributed by atoms with E-state index >= 15 is 4.39 Å². The molecule has 402 valence electrons. The van der Waals surface area contributed by atoms with Crippen molar-refractivity contribution in [3.05, 3.63) is 99.7 Å². The van der Waals surface area contributed by atoms with E-state index in [0.29, 0.717) is 22.2 Å². The van der Waals surface area contributed by atoms with Crippen LogP contribution in [0, 0.1) is 17.7 Å². The van der Waals surface area contributed by atoms with Gasteiger partial charge in [-0.05, 0) is 126 Å². The summed E-state index contributed by atoms with van der Waals surface area (Å²) in [6.45, 7) is 6.89. The first-order valence-corrected chi connectivity index (χ1v) is 25.3. The van der Waals surface area contributed by atoms with Crippen molar-refractivity contribution in [1.29, 1.82) is 0 Å². The number of benzene rings is 3. The van der Waals surface area contributed by atoms with Crippen LogP contribution in [0.2, 0.25) is 10.0 Å². The zero-order valence-electron chi connectivity index (χ0n) is 42.3. The number of nitrogens with one attached hydrogen (secondary N) is 2. The molecule has 1 aromatic heterocycles. The van der Waals surface area contributed by atoms with Crippen molar-refractivity contribution in [2.45, 2.75) is 128 Å². The van der Waals surface area contributed by atoms with Gasteiger partial charge >= 0.3 is 18.2 Å². The highest BCUT2D eigenvalue weighted by Crippen LogP contribution is 2.36. The van der Waals surface area contributed by atoms with E-state index in [-0.39, 0.29) is 86.8 Å². The van der Waals surface area contributed by atoms with Crippen molar-refractivity contribution in [2.24, 2.45) is 18.9 Å². The fourth-order valence-electron chi connectivity index (χ4n) is 9.21. The molecule has 15 nitrogen and oxygen atoms in total. The third-order valence-corrected chi connectivity index (χ3v) is 13.7. The zero-order valence-corrected chi connectivity index (χ0v) is 43.8. The molecular formula is C53H64Cl2F4N6O9. The highest BCUT2D eigenvalue weighted by molar-refractivity contribution is 6.31. The van der Waals surface area contributed by atoms with Gasteiger partial charge in [0.1, 0.15) is 34.8 Å². The highest BCUT2D eigenvalue weighted by Gasteiger charge is 2.44. The number of amides is 4. The van der Waals surface area contributed by atoms with Crippen molar-refractivity contribution < 1.29 is 60.9 Å². The lowest BCUT2D eigenvalue weighted by Crippen LogP contribution is -2.64. The number of carbonyl (C=O) groups is 5. The number of methoxy groups -OCH3 is 1. The van der Waals surface area contributed by atoms with E-state index in [1.807, 2.05) is 44.5 Å². The molecule has 4 amide bonds. The summed E-state index contributed by atoms with van der Waals surface area (Å²) >= 11 is 12.4. The van der Waals surface area contributed by atoms with Gasteiger partial charge in [-0.1, -0.05) is 42.3 Å². The summed E-state index contributed by atoms with van der Waals surface area (Å²) in [6.07, 6.45) is -2.52. The Morgan fingerprint density at radius 1 is 0.973 bits per heavy atom. The van der Waals surface area contributed by atoms with E-state index in [1.165, 1.54) is 13.2 Å². The van der Waals surface area contributed by atoms with Crippen LogP contribution >= 0.6 is 23.2 Å². The molecule has 74 heavy (non-hydrogen) atoms. The number of alkyl halides is 3. The Balaban J connectivity index is 1.12. The molecule has 4 atom stereocenters. The average Bonchev–Trinajstić information content (AvgIpc) is 3.65. The first-order valence-electron chi connectivity index (χ1n) is 24.5. The van der Waals surface area contributed by atoms with Gasteiger partial charge in [-0.2, -0.15) is 13.2 Å². The summed E-state index contributed by atoms with van der Waals surface area (Å²) in [5.41, 5.74) is 0.526. The third-order valence-electron chi connectivity index (χ3n) is 13.3. The molecule has 0 unspecified atom stereocenters. The summed E-state index contributed by atoms with van der Waals surface area (Å²) in [4.78, 5) is 73.9. The molecule has 1 aliphatic heterocycles. The van der Waals surface area contributed by atoms with Crippen molar-refractivity contribution in [1.82, 2.24) is 30.0 Å². The van der Waals surface area contributed by atoms with Crippen LogP contribution < -0.4 is 15.4 Å². The SMILES string of the molecule is COC[C@H](NC(=O)[C@H](C)CCc1c(F)cc(Cl)cc1Oc1ccc(-c2cnc(CN(C(=O)OC(C)(C)C)C3CCC3)n2C)cc1)C(=O)N[C@@]1(Cc2ccc(Cl)cc2)CCCN(C(=O)[C@@H](CC(=O)O)CC(F)(F)F)C1. The number of hydrogen-bond donors (Lipinski definition) is 3. The van der Waals surface area contributed by atoms with Gasteiger partial charge in [0, 0.05) is 60.4 Å². The Kier molecular flexibility index (Phi) is 19.1. The van der Waals surface area contributed by atoms with Crippen molar-refractivity contribution in [2.75, 3.05) is 26.8 Å². The molecule has 0 radical (unpaired) electrons. The molecule has 1 saturated heterocycles. The molecule has 3 N–H and O–H groups in total. The van der Waals surface area contributed by atoms with Gasteiger partial charge in [0.15, 0.2) is 0 Å². The lowest BCUT2D eigenvalue weighted by molar-refractivity contribution is -0.164. The van der Waals surface area contributed by atoms with E-state index in [0.717, 1.165) is 41.5 Å². The maximum absolute atomic E-state index is 15.7. The number of ether oxygens (including phenoxy) is 3. The van der Waals surface area contributed by atoms with Crippen molar-refractivity contribution in [3.8, 4) is 22.8 Å². The second-order valence-electron chi connectivity index (χ2n) is 20.3. The second kappa shape index (κ2) is 24.6. The minimum atomic E-state index is -4.81. The average molecular weight is 1080 g/mol. The summed E-state index contributed by atoms with van der Waals surface area (Å²) in [7, 11) is 3.20. The molecule has 1 saturated carbocycles.